The van der Waals surface area contributed by atoms with Crippen molar-refractivity contribution >= 4 is 17.3 Å². The first kappa shape index (κ1) is 19.1. The van der Waals surface area contributed by atoms with Gasteiger partial charge in [0, 0.05) is 56.9 Å². The van der Waals surface area contributed by atoms with Gasteiger partial charge in [0.1, 0.15) is 11.6 Å². The van der Waals surface area contributed by atoms with Crippen LogP contribution in [0.3, 0.4) is 0 Å². The Labute approximate surface area is 171 Å². The summed E-state index contributed by atoms with van der Waals surface area (Å²) in [5, 5.41) is 0. The van der Waals surface area contributed by atoms with Crippen molar-refractivity contribution in [3.05, 3.63) is 42.4 Å². The number of imidazole rings is 1. The molecule has 10 heteroatoms. The number of anilines is 2. The molecule has 1 aliphatic carbocycles. The maximum atomic E-state index is 13.1. The smallest absolute Gasteiger partial charge is 0.355 e. The normalized spacial score (nSPS) is 20.0. The summed E-state index contributed by atoms with van der Waals surface area (Å²) in [6, 6.07) is 2.08. The van der Waals surface area contributed by atoms with Crippen LogP contribution in [0, 0.1) is 0 Å². The predicted octanol–water partition coefficient (Wildman–Crippen LogP) is 3.52. The number of fused-ring (bicyclic) bond motifs is 1. The van der Waals surface area contributed by atoms with Crippen LogP contribution in [0.15, 0.2) is 30.9 Å². The van der Waals surface area contributed by atoms with Crippen LogP contribution in [0.2, 0.25) is 0 Å². The minimum atomic E-state index is -4.49. The molecule has 7 nitrogen and oxygen atoms in total. The van der Waals surface area contributed by atoms with E-state index in [0.29, 0.717) is 18.3 Å². The number of piperidine rings is 1. The summed E-state index contributed by atoms with van der Waals surface area (Å²) in [7, 11) is 2.01. The lowest BCUT2D eigenvalue weighted by molar-refractivity contribution is -0.140. The summed E-state index contributed by atoms with van der Waals surface area (Å²) < 4.78 is 40.8. The van der Waals surface area contributed by atoms with Gasteiger partial charge in [0.05, 0.1) is 0 Å². The first-order valence-electron chi connectivity index (χ1n) is 10.1. The molecule has 5 rings (SSSR count). The molecule has 0 spiro atoms. The third-order valence-corrected chi connectivity index (χ3v) is 5.85. The molecule has 3 aromatic heterocycles. The van der Waals surface area contributed by atoms with E-state index in [1.165, 1.54) is 16.8 Å². The van der Waals surface area contributed by atoms with E-state index in [0.717, 1.165) is 50.1 Å². The summed E-state index contributed by atoms with van der Waals surface area (Å²) in [6.45, 7) is 1.36. The van der Waals surface area contributed by atoms with Crippen molar-refractivity contribution in [2.45, 2.75) is 43.8 Å². The van der Waals surface area contributed by atoms with E-state index in [1.54, 1.807) is 6.20 Å². The molecule has 1 saturated carbocycles. The van der Waals surface area contributed by atoms with Gasteiger partial charge < -0.3 is 14.2 Å². The first-order valence-corrected chi connectivity index (χ1v) is 10.1. The standard InChI is InChI=1S/C20H22F3N7/c1-28(16-6-7-24-17(27-16)13-4-5-13)14-3-2-9-29(11-14)18-19-26-15(20(21,22)23)12-30(19)10-8-25-18/h6-8,10,12-14H,2-5,9,11H2,1H3. The van der Waals surface area contributed by atoms with E-state index < -0.39 is 11.9 Å². The highest BCUT2D eigenvalue weighted by molar-refractivity contribution is 5.65. The molecule has 2 aliphatic rings. The quantitative estimate of drug-likeness (QED) is 0.647. The topological polar surface area (TPSA) is 62.5 Å². The van der Waals surface area contributed by atoms with E-state index in [9.17, 15) is 13.2 Å². The Bertz CT molecular complexity index is 1060. The van der Waals surface area contributed by atoms with E-state index in [1.807, 2.05) is 18.0 Å². The predicted molar refractivity (Wildman–Crippen MR) is 106 cm³/mol. The van der Waals surface area contributed by atoms with Crippen LogP contribution in [-0.4, -0.2) is 50.5 Å². The Hall–Kier alpha value is -2.91. The first-order chi connectivity index (χ1) is 14.4. The Morgan fingerprint density at radius 3 is 2.70 bits per heavy atom. The second-order valence-electron chi connectivity index (χ2n) is 8.01. The Morgan fingerprint density at radius 2 is 1.93 bits per heavy atom. The van der Waals surface area contributed by atoms with E-state index in [-0.39, 0.29) is 11.7 Å². The molecule has 2 fully saturated rings. The lowest BCUT2D eigenvalue weighted by Crippen LogP contribution is -2.47. The SMILES string of the molecule is CN(c1ccnc(C2CC2)n1)C1CCCN(c2nccn3cc(C(F)(F)F)nc23)C1. The van der Waals surface area contributed by atoms with Gasteiger partial charge in [-0.1, -0.05) is 0 Å². The fraction of sp³-hybridized carbons (Fsp3) is 0.500. The van der Waals surface area contributed by atoms with Crippen molar-refractivity contribution in [1.29, 1.82) is 0 Å². The zero-order valence-electron chi connectivity index (χ0n) is 16.5. The van der Waals surface area contributed by atoms with Gasteiger partial charge in [-0.15, -0.1) is 0 Å². The summed E-state index contributed by atoms with van der Waals surface area (Å²) in [4.78, 5) is 21.5. The summed E-state index contributed by atoms with van der Waals surface area (Å²) >= 11 is 0. The minimum Gasteiger partial charge on any atom is -0.355 e. The molecule has 3 aromatic rings. The van der Waals surface area contributed by atoms with E-state index in [4.69, 9.17) is 4.98 Å². The monoisotopic (exact) mass is 417 g/mol. The molecule has 4 heterocycles. The Morgan fingerprint density at radius 1 is 1.10 bits per heavy atom. The molecule has 0 N–H and O–H groups in total. The van der Waals surface area contributed by atoms with Gasteiger partial charge in [0.2, 0.25) is 0 Å². The van der Waals surface area contributed by atoms with Gasteiger partial charge in [-0.3, -0.25) is 0 Å². The molecule has 1 saturated heterocycles. The average Bonchev–Trinajstić information content (AvgIpc) is 3.50. The van der Waals surface area contributed by atoms with Crippen molar-refractivity contribution in [2.75, 3.05) is 29.9 Å². The van der Waals surface area contributed by atoms with Crippen LogP contribution in [0.1, 0.15) is 43.1 Å². The second kappa shape index (κ2) is 7.10. The van der Waals surface area contributed by atoms with Gasteiger partial charge in [0.25, 0.3) is 0 Å². The maximum Gasteiger partial charge on any atom is 0.434 e. The number of alkyl halides is 3. The minimum absolute atomic E-state index is 0.166. The van der Waals surface area contributed by atoms with Gasteiger partial charge >= 0.3 is 6.18 Å². The molecule has 0 radical (unpaired) electrons. The molecular formula is C20H22F3N7. The Kier molecular flexibility index (Phi) is 4.52. The lowest BCUT2D eigenvalue weighted by Gasteiger charge is -2.38. The molecule has 1 aliphatic heterocycles. The van der Waals surface area contributed by atoms with Gasteiger partial charge in [-0.05, 0) is 31.7 Å². The molecule has 0 bridgehead atoms. The second-order valence-corrected chi connectivity index (χ2v) is 8.01. The van der Waals surface area contributed by atoms with Crippen molar-refractivity contribution in [2.24, 2.45) is 0 Å². The summed E-state index contributed by atoms with van der Waals surface area (Å²) in [5.74, 6) is 2.74. The van der Waals surface area contributed by atoms with Gasteiger partial charge in [0.15, 0.2) is 17.2 Å². The van der Waals surface area contributed by atoms with Crippen molar-refractivity contribution in [3.8, 4) is 0 Å². The van der Waals surface area contributed by atoms with Gasteiger partial charge in [-0.2, -0.15) is 13.2 Å². The molecular weight excluding hydrogens is 395 g/mol. The number of aromatic nitrogens is 5. The fourth-order valence-corrected chi connectivity index (χ4v) is 4.01. The highest BCUT2D eigenvalue weighted by atomic mass is 19.4. The fourth-order valence-electron chi connectivity index (χ4n) is 4.01. The van der Waals surface area contributed by atoms with Crippen LogP contribution < -0.4 is 9.80 Å². The molecule has 1 unspecified atom stereocenters. The Balaban J connectivity index is 1.40. The van der Waals surface area contributed by atoms with Crippen LogP contribution >= 0.6 is 0 Å². The lowest BCUT2D eigenvalue weighted by atomic mass is 10.0. The molecule has 0 aromatic carbocycles. The largest absolute Gasteiger partial charge is 0.434 e. The van der Waals surface area contributed by atoms with Crippen LogP contribution in [-0.2, 0) is 6.18 Å². The number of hydrogen-bond acceptors (Lipinski definition) is 6. The summed E-state index contributed by atoms with van der Waals surface area (Å²) in [6.07, 6.45) is 5.51. The molecule has 1 atom stereocenters. The molecule has 0 amide bonds. The zero-order valence-corrected chi connectivity index (χ0v) is 16.5. The van der Waals surface area contributed by atoms with Crippen molar-refractivity contribution < 1.29 is 13.2 Å². The van der Waals surface area contributed by atoms with Crippen LogP contribution in [0.5, 0.6) is 0 Å². The van der Waals surface area contributed by atoms with Crippen LogP contribution in [0.4, 0.5) is 24.8 Å². The van der Waals surface area contributed by atoms with E-state index in [2.05, 4.69) is 19.9 Å². The summed E-state index contributed by atoms with van der Waals surface area (Å²) in [5.41, 5.74) is -0.679. The number of halogens is 3. The maximum absolute atomic E-state index is 13.1. The number of rotatable bonds is 4. The van der Waals surface area contributed by atoms with Crippen LogP contribution in [0.25, 0.3) is 5.65 Å². The third kappa shape index (κ3) is 3.54. The van der Waals surface area contributed by atoms with Crippen molar-refractivity contribution in [1.82, 2.24) is 24.3 Å². The number of likely N-dealkylation sites (N-methyl/N-ethyl adjacent to an activating group) is 1. The zero-order chi connectivity index (χ0) is 20.9. The van der Waals surface area contributed by atoms with E-state index >= 15 is 0 Å². The molecule has 30 heavy (non-hydrogen) atoms. The number of nitrogens with zero attached hydrogens (tertiary/aromatic N) is 7. The highest BCUT2D eigenvalue weighted by Crippen LogP contribution is 2.38. The third-order valence-electron chi connectivity index (χ3n) is 5.85. The van der Waals surface area contributed by atoms with Gasteiger partial charge in [-0.25, -0.2) is 19.9 Å². The number of hydrogen-bond donors (Lipinski definition) is 0. The highest BCUT2D eigenvalue weighted by Gasteiger charge is 2.35. The average molecular weight is 417 g/mol. The van der Waals surface area contributed by atoms with Crippen molar-refractivity contribution in [3.63, 3.8) is 0 Å². The molecule has 158 valence electrons.